The molecular weight excluding hydrogens is 308 g/mol. The van der Waals surface area contributed by atoms with Gasteiger partial charge in [0, 0.05) is 6.42 Å². The Balaban J connectivity index is 3.32. The molecule has 150 valence electrons. The summed E-state index contributed by atoms with van der Waals surface area (Å²) in [7, 11) is 0. The average molecular weight is 355 g/mol. The van der Waals surface area contributed by atoms with Crippen molar-refractivity contribution >= 4 is 5.97 Å². The fourth-order valence-electron chi connectivity index (χ4n) is 3.24. The number of carbonyl (C=O) groups is 1. The lowest BCUT2D eigenvalue weighted by Gasteiger charge is -2.12. The van der Waals surface area contributed by atoms with E-state index in [4.69, 9.17) is 4.74 Å². The van der Waals surface area contributed by atoms with Gasteiger partial charge < -0.3 is 4.74 Å². The van der Waals surface area contributed by atoms with Gasteiger partial charge in [-0.25, -0.2) is 0 Å². The summed E-state index contributed by atoms with van der Waals surface area (Å²) in [6, 6.07) is 0. The molecule has 0 aliphatic rings. The summed E-state index contributed by atoms with van der Waals surface area (Å²) in [6.45, 7) is 7.34. The minimum absolute atomic E-state index is 0.0115. The second-order valence-corrected chi connectivity index (χ2v) is 7.92. The SMILES string of the molecule is CCCCCCCCCCC(=O)OCC(C)CCCCCCCCC. The highest BCUT2D eigenvalue weighted by Gasteiger charge is 2.07. The Bertz CT molecular complexity index is 275. The number of hydrogen-bond donors (Lipinski definition) is 0. The number of ether oxygens (including phenoxy) is 1. The monoisotopic (exact) mass is 354 g/mol. The standard InChI is InChI=1S/C23H46O2/c1-4-6-8-10-12-14-16-18-20-23(24)25-21-22(3)19-17-15-13-11-9-7-5-2/h22H,4-21H2,1-3H3. The molecule has 2 heteroatoms. The van der Waals surface area contributed by atoms with Crippen LogP contribution in [0.1, 0.15) is 130 Å². The van der Waals surface area contributed by atoms with Crippen LogP contribution in [0.4, 0.5) is 0 Å². The van der Waals surface area contributed by atoms with Crippen molar-refractivity contribution in [3.63, 3.8) is 0 Å². The molecule has 1 unspecified atom stereocenters. The largest absolute Gasteiger partial charge is 0.465 e. The van der Waals surface area contributed by atoms with E-state index in [1.165, 1.54) is 96.3 Å². The van der Waals surface area contributed by atoms with Crippen LogP contribution in [0.2, 0.25) is 0 Å². The fraction of sp³-hybridized carbons (Fsp3) is 0.957. The van der Waals surface area contributed by atoms with Gasteiger partial charge in [-0.2, -0.15) is 0 Å². The molecule has 0 radical (unpaired) electrons. The summed E-state index contributed by atoms with van der Waals surface area (Å²) < 4.78 is 5.43. The molecule has 0 saturated heterocycles. The van der Waals surface area contributed by atoms with Gasteiger partial charge in [-0.1, -0.05) is 111 Å². The summed E-state index contributed by atoms with van der Waals surface area (Å²) in [5.41, 5.74) is 0. The van der Waals surface area contributed by atoms with E-state index in [0.29, 0.717) is 18.9 Å². The Hall–Kier alpha value is -0.530. The van der Waals surface area contributed by atoms with Crippen LogP contribution in [0, 0.1) is 5.92 Å². The number of rotatable bonds is 19. The highest BCUT2D eigenvalue weighted by molar-refractivity contribution is 5.69. The second-order valence-electron chi connectivity index (χ2n) is 7.92. The normalized spacial score (nSPS) is 12.3. The number of unbranched alkanes of at least 4 members (excludes halogenated alkanes) is 13. The summed E-state index contributed by atoms with van der Waals surface area (Å²) in [5, 5.41) is 0. The molecule has 0 fully saturated rings. The van der Waals surface area contributed by atoms with E-state index >= 15 is 0 Å². The van der Waals surface area contributed by atoms with Crippen molar-refractivity contribution in [3.05, 3.63) is 0 Å². The van der Waals surface area contributed by atoms with Crippen molar-refractivity contribution in [2.24, 2.45) is 5.92 Å². The van der Waals surface area contributed by atoms with Crippen LogP contribution < -0.4 is 0 Å². The Labute approximate surface area is 158 Å². The molecule has 25 heavy (non-hydrogen) atoms. The van der Waals surface area contributed by atoms with Crippen LogP contribution in [0.15, 0.2) is 0 Å². The minimum Gasteiger partial charge on any atom is -0.465 e. The van der Waals surface area contributed by atoms with Crippen LogP contribution in [-0.2, 0) is 9.53 Å². The summed E-state index contributed by atoms with van der Waals surface area (Å²) in [4.78, 5) is 11.8. The molecule has 0 aromatic rings. The van der Waals surface area contributed by atoms with Crippen molar-refractivity contribution in [2.75, 3.05) is 6.61 Å². The summed E-state index contributed by atoms with van der Waals surface area (Å²) >= 11 is 0. The number of esters is 1. The molecule has 0 aromatic carbocycles. The molecule has 0 bridgehead atoms. The Morgan fingerprint density at radius 2 is 1.12 bits per heavy atom. The van der Waals surface area contributed by atoms with Crippen molar-refractivity contribution < 1.29 is 9.53 Å². The highest BCUT2D eigenvalue weighted by atomic mass is 16.5. The van der Waals surface area contributed by atoms with E-state index < -0.39 is 0 Å². The van der Waals surface area contributed by atoms with E-state index in [1.54, 1.807) is 0 Å². The summed E-state index contributed by atoms with van der Waals surface area (Å²) in [6.07, 6.45) is 21.4. The molecule has 1 atom stereocenters. The lowest BCUT2D eigenvalue weighted by atomic mass is 10.0. The maximum Gasteiger partial charge on any atom is 0.305 e. The average Bonchev–Trinajstić information content (AvgIpc) is 2.61. The zero-order chi connectivity index (χ0) is 18.6. The first-order chi connectivity index (χ1) is 12.2. The van der Waals surface area contributed by atoms with Gasteiger partial charge in [-0.3, -0.25) is 4.79 Å². The zero-order valence-corrected chi connectivity index (χ0v) is 17.6. The van der Waals surface area contributed by atoms with Gasteiger partial charge in [0.1, 0.15) is 0 Å². The van der Waals surface area contributed by atoms with Crippen LogP contribution >= 0.6 is 0 Å². The third-order valence-corrected chi connectivity index (χ3v) is 5.06. The molecule has 0 N–H and O–H groups in total. The van der Waals surface area contributed by atoms with Gasteiger partial charge in [-0.05, 0) is 18.8 Å². The topological polar surface area (TPSA) is 26.3 Å². The van der Waals surface area contributed by atoms with Crippen molar-refractivity contribution in [1.82, 2.24) is 0 Å². The predicted molar refractivity (Wildman–Crippen MR) is 110 cm³/mol. The fourth-order valence-corrected chi connectivity index (χ4v) is 3.24. The first kappa shape index (κ1) is 24.5. The Kier molecular flexibility index (Phi) is 19.4. The molecule has 2 nitrogen and oxygen atoms in total. The molecule has 0 heterocycles. The third-order valence-electron chi connectivity index (χ3n) is 5.06. The molecule has 0 rings (SSSR count). The van der Waals surface area contributed by atoms with Gasteiger partial charge in [0.2, 0.25) is 0 Å². The molecule has 0 saturated carbocycles. The van der Waals surface area contributed by atoms with Crippen molar-refractivity contribution in [2.45, 2.75) is 130 Å². The first-order valence-electron chi connectivity index (χ1n) is 11.4. The van der Waals surface area contributed by atoms with Crippen molar-refractivity contribution in [3.8, 4) is 0 Å². The van der Waals surface area contributed by atoms with E-state index in [2.05, 4.69) is 20.8 Å². The Morgan fingerprint density at radius 1 is 0.680 bits per heavy atom. The highest BCUT2D eigenvalue weighted by Crippen LogP contribution is 2.14. The van der Waals surface area contributed by atoms with E-state index in [9.17, 15) is 4.79 Å². The van der Waals surface area contributed by atoms with Gasteiger partial charge in [0.25, 0.3) is 0 Å². The number of hydrogen-bond acceptors (Lipinski definition) is 2. The lowest BCUT2D eigenvalue weighted by molar-refractivity contribution is -0.145. The van der Waals surface area contributed by atoms with E-state index in [0.717, 1.165) is 6.42 Å². The molecule has 0 spiro atoms. The van der Waals surface area contributed by atoms with Crippen molar-refractivity contribution in [1.29, 1.82) is 0 Å². The third kappa shape index (κ3) is 19.6. The van der Waals surface area contributed by atoms with Crippen LogP contribution in [0.3, 0.4) is 0 Å². The Morgan fingerprint density at radius 3 is 1.64 bits per heavy atom. The maximum atomic E-state index is 11.8. The predicted octanol–water partition coefficient (Wildman–Crippen LogP) is 7.84. The molecule has 0 aliphatic carbocycles. The second kappa shape index (κ2) is 19.8. The van der Waals surface area contributed by atoms with Crippen LogP contribution in [0.5, 0.6) is 0 Å². The molecule has 0 amide bonds. The van der Waals surface area contributed by atoms with Gasteiger partial charge in [0.05, 0.1) is 6.61 Å². The molecule has 0 aliphatic heterocycles. The maximum absolute atomic E-state index is 11.8. The lowest BCUT2D eigenvalue weighted by Crippen LogP contribution is -2.11. The van der Waals surface area contributed by atoms with E-state index in [1.807, 2.05) is 0 Å². The quantitative estimate of drug-likeness (QED) is 0.174. The van der Waals surface area contributed by atoms with Crippen LogP contribution in [0.25, 0.3) is 0 Å². The van der Waals surface area contributed by atoms with Gasteiger partial charge in [-0.15, -0.1) is 0 Å². The minimum atomic E-state index is 0.0115. The van der Waals surface area contributed by atoms with Crippen LogP contribution in [-0.4, -0.2) is 12.6 Å². The van der Waals surface area contributed by atoms with Gasteiger partial charge >= 0.3 is 5.97 Å². The van der Waals surface area contributed by atoms with Gasteiger partial charge in [0.15, 0.2) is 0 Å². The summed E-state index contributed by atoms with van der Waals surface area (Å²) in [5.74, 6) is 0.524. The molecule has 0 aromatic heterocycles. The van der Waals surface area contributed by atoms with E-state index in [-0.39, 0.29) is 5.97 Å². The first-order valence-corrected chi connectivity index (χ1v) is 11.4. The number of carbonyl (C=O) groups excluding carboxylic acids is 1. The zero-order valence-electron chi connectivity index (χ0n) is 17.6. The smallest absolute Gasteiger partial charge is 0.305 e. The molecular formula is C23H46O2.